The van der Waals surface area contributed by atoms with E-state index in [1.165, 1.54) is 18.3 Å². The van der Waals surface area contributed by atoms with Crippen LogP contribution in [0.25, 0.3) is 10.9 Å². The number of nitrogens with zero attached hydrogens (tertiary/aromatic N) is 2. The van der Waals surface area contributed by atoms with Crippen LogP contribution in [0.5, 0.6) is 0 Å². The number of benzene rings is 1. The van der Waals surface area contributed by atoms with Crippen LogP contribution in [0.15, 0.2) is 30.5 Å². The second kappa shape index (κ2) is 6.48. The van der Waals surface area contributed by atoms with E-state index >= 15 is 0 Å². The molecule has 0 bridgehead atoms. The number of carbonyl (C=O) groups is 2. The van der Waals surface area contributed by atoms with Crippen molar-refractivity contribution in [2.45, 2.75) is 6.54 Å². The zero-order valence-electron chi connectivity index (χ0n) is 11.3. The summed E-state index contributed by atoms with van der Waals surface area (Å²) < 4.78 is 0. The Kier molecular flexibility index (Phi) is 4.47. The van der Waals surface area contributed by atoms with Gasteiger partial charge >= 0.3 is 12.0 Å². The van der Waals surface area contributed by atoms with Crippen molar-refractivity contribution in [2.24, 2.45) is 0 Å². The number of hydrogen-bond donors (Lipinski definition) is 3. The third kappa shape index (κ3) is 3.45. The number of pyridine rings is 1. The highest BCUT2D eigenvalue weighted by Crippen LogP contribution is 2.26. The molecule has 0 spiro atoms. The lowest BCUT2D eigenvalue weighted by atomic mass is 10.1. The number of nitrogens with one attached hydrogen (secondary N) is 2. The van der Waals surface area contributed by atoms with Gasteiger partial charge in [0.05, 0.1) is 4.92 Å². The minimum absolute atomic E-state index is 0.0889. The number of rotatable bonds is 5. The maximum atomic E-state index is 11.4. The summed E-state index contributed by atoms with van der Waals surface area (Å²) in [6.45, 7) is -0.403. The molecule has 9 nitrogen and oxygen atoms in total. The predicted octanol–water partition coefficient (Wildman–Crippen LogP) is 1.03. The minimum Gasteiger partial charge on any atom is -0.480 e. The number of amides is 2. The molecule has 0 unspecified atom stereocenters. The van der Waals surface area contributed by atoms with E-state index in [0.29, 0.717) is 10.9 Å². The highest BCUT2D eigenvalue weighted by molar-refractivity contribution is 5.90. The molecule has 9 heteroatoms. The van der Waals surface area contributed by atoms with Crippen LogP contribution >= 0.6 is 0 Å². The highest BCUT2D eigenvalue weighted by atomic mass is 16.6. The normalized spacial score (nSPS) is 10.2. The summed E-state index contributed by atoms with van der Waals surface area (Å²) in [6, 6.07) is 5.51. The van der Waals surface area contributed by atoms with Crippen molar-refractivity contribution < 1.29 is 19.6 Å². The molecule has 0 aliphatic carbocycles. The number of aliphatic carboxylic acids is 1. The molecule has 1 aromatic heterocycles. The zero-order chi connectivity index (χ0) is 16.1. The van der Waals surface area contributed by atoms with Crippen LogP contribution in [-0.2, 0) is 11.3 Å². The Bertz CT molecular complexity index is 746. The number of carbonyl (C=O) groups excluding carboxylic acids is 1. The van der Waals surface area contributed by atoms with Crippen molar-refractivity contribution in [1.29, 1.82) is 0 Å². The third-order valence-corrected chi connectivity index (χ3v) is 2.87. The van der Waals surface area contributed by atoms with Gasteiger partial charge in [-0.3, -0.25) is 14.9 Å². The van der Waals surface area contributed by atoms with E-state index < -0.39 is 23.5 Å². The van der Waals surface area contributed by atoms with Crippen molar-refractivity contribution in [2.75, 3.05) is 6.54 Å². The quantitative estimate of drug-likeness (QED) is 0.557. The number of carboxylic acids is 1. The van der Waals surface area contributed by atoms with Gasteiger partial charge in [-0.05, 0) is 17.7 Å². The van der Waals surface area contributed by atoms with E-state index in [-0.39, 0.29) is 17.7 Å². The molecular weight excluding hydrogens is 292 g/mol. The van der Waals surface area contributed by atoms with Gasteiger partial charge in [0.2, 0.25) is 0 Å². The molecule has 0 saturated carbocycles. The lowest BCUT2D eigenvalue weighted by molar-refractivity contribution is -0.383. The summed E-state index contributed by atoms with van der Waals surface area (Å²) in [6.07, 6.45) is 1.45. The molecule has 2 rings (SSSR count). The first-order chi connectivity index (χ1) is 10.5. The Labute approximate surface area is 124 Å². The Morgan fingerprint density at radius 3 is 2.73 bits per heavy atom. The van der Waals surface area contributed by atoms with Gasteiger partial charge in [0.1, 0.15) is 12.1 Å². The molecule has 0 fully saturated rings. The van der Waals surface area contributed by atoms with Crippen molar-refractivity contribution >= 4 is 28.6 Å². The van der Waals surface area contributed by atoms with Gasteiger partial charge in [-0.2, -0.15) is 0 Å². The van der Waals surface area contributed by atoms with E-state index in [4.69, 9.17) is 5.11 Å². The number of nitro benzene ring substituents is 1. The van der Waals surface area contributed by atoms with Gasteiger partial charge in [-0.15, -0.1) is 0 Å². The summed E-state index contributed by atoms with van der Waals surface area (Å²) in [5.74, 6) is -1.15. The van der Waals surface area contributed by atoms with Crippen LogP contribution in [-0.4, -0.2) is 33.6 Å². The summed E-state index contributed by atoms with van der Waals surface area (Å²) in [4.78, 5) is 36.2. The van der Waals surface area contributed by atoms with Gasteiger partial charge in [-0.25, -0.2) is 9.78 Å². The van der Waals surface area contributed by atoms with Crippen LogP contribution in [0.4, 0.5) is 10.5 Å². The van der Waals surface area contributed by atoms with Gasteiger partial charge in [0.15, 0.2) is 0 Å². The lowest BCUT2D eigenvalue weighted by Crippen LogP contribution is -2.38. The second-order valence-corrected chi connectivity index (χ2v) is 4.33. The monoisotopic (exact) mass is 304 g/mol. The number of nitro groups is 1. The Morgan fingerprint density at radius 1 is 1.27 bits per heavy atom. The Balaban J connectivity index is 2.19. The summed E-state index contributed by atoms with van der Waals surface area (Å²) in [7, 11) is 0. The molecule has 1 heterocycles. The van der Waals surface area contributed by atoms with Crippen LogP contribution < -0.4 is 10.6 Å². The number of hydrogen-bond acceptors (Lipinski definition) is 5. The molecule has 2 aromatic rings. The number of aromatic nitrogens is 1. The molecule has 0 atom stereocenters. The predicted molar refractivity (Wildman–Crippen MR) is 76.3 cm³/mol. The Morgan fingerprint density at radius 2 is 2.05 bits per heavy atom. The van der Waals surface area contributed by atoms with E-state index in [2.05, 4.69) is 15.6 Å². The standard InChI is InChI=1S/C13H12N4O5/c18-11(19)7-16-13(20)15-6-8-3-4-10(17(21)22)12-9(8)2-1-5-14-12/h1-5H,6-7H2,(H,18,19)(H2,15,16,20). The molecule has 114 valence electrons. The maximum Gasteiger partial charge on any atom is 0.323 e. The zero-order valence-corrected chi connectivity index (χ0v) is 11.3. The van der Waals surface area contributed by atoms with E-state index in [0.717, 1.165) is 0 Å². The average molecular weight is 304 g/mol. The van der Waals surface area contributed by atoms with Crippen molar-refractivity contribution in [1.82, 2.24) is 15.6 Å². The first-order valence-corrected chi connectivity index (χ1v) is 6.23. The summed E-state index contributed by atoms with van der Waals surface area (Å²) >= 11 is 0. The molecule has 0 aliphatic heterocycles. The van der Waals surface area contributed by atoms with E-state index in [1.807, 2.05) is 0 Å². The molecule has 1 aromatic carbocycles. The number of fused-ring (bicyclic) bond motifs is 1. The molecule has 0 aliphatic rings. The average Bonchev–Trinajstić information content (AvgIpc) is 2.50. The van der Waals surface area contributed by atoms with Gasteiger partial charge in [0.25, 0.3) is 5.69 Å². The summed E-state index contributed by atoms with van der Waals surface area (Å²) in [5.41, 5.74) is 0.756. The summed E-state index contributed by atoms with van der Waals surface area (Å²) in [5, 5.41) is 24.6. The van der Waals surface area contributed by atoms with Gasteiger partial charge in [-0.1, -0.05) is 6.07 Å². The fourth-order valence-corrected chi connectivity index (χ4v) is 1.91. The van der Waals surface area contributed by atoms with E-state index in [9.17, 15) is 19.7 Å². The van der Waals surface area contributed by atoms with Crippen LogP contribution in [0.2, 0.25) is 0 Å². The topological polar surface area (TPSA) is 134 Å². The molecular formula is C13H12N4O5. The van der Waals surface area contributed by atoms with Crippen LogP contribution in [0.1, 0.15) is 5.56 Å². The second-order valence-electron chi connectivity index (χ2n) is 4.33. The Hall–Kier alpha value is -3.23. The molecule has 0 radical (unpaired) electrons. The fourth-order valence-electron chi connectivity index (χ4n) is 1.91. The van der Waals surface area contributed by atoms with Crippen LogP contribution in [0, 0.1) is 10.1 Å². The molecule has 3 N–H and O–H groups in total. The highest BCUT2D eigenvalue weighted by Gasteiger charge is 2.15. The number of non-ortho nitro benzene ring substituents is 1. The van der Waals surface area contributed by atoms with Crippen LogP contribution in [0.3, 0.4) is 0 Å². The number of carboxylic acid groups (broad SMARTS) is 1. The number of urea groups is 1. The largest absolute Gasteiger partial charge is 0.480 e. The van der Waals surface area contributed by atoms with Gasteiger partial charge < -0.3 is 15.7 Å². The SMILES string of the molecule is O=C(O)CNC(=O)NCc1ccc([N+](=O)[O-])c2ncccc12. The fraction of sp³-hybridized carbons (Fsp3) is 0.154. The first-order valence-electron chi connectivity index (χ1n) is 6.23. The third-order valence-electron chi connectivity index (χ3n) is 2.87. The van der Waals surface area contributed by atoms with Crippen molar-refractivity contribution in [3.63, 3.8) is 0 Å². The lowest BCUT2D eigenvalue weighted by Gasteiger charge is -2.08. The van der Waals surface area contributed by atoms with Crippen molar-refractivity contribution in [3.05, 3.63) is 46.1 Å². The molecule has 2 amide bonds. The van der Waals surface area contributed by atoms with Gasteiger partial charge in [0, 0.05) is 24.2 Å². The molecule has 22 heavy (non-hydrogen) atoms. The maximum absolute atomic E-state index is 11.4. The first kappa shape index (κ1) is 15.2. The molecule has 0 saturated heterocycles. The van der Waals surface area contributed by atoms with Crippen molar-refractivity contribution in [3.8, 4) is 0 Å². The minimum atomic E-state index is -1.15. The van der Waals surface area contributed by atoms with E-state index in [1.54, 1.807) is 12.1 Å². The smallest absolute Gasteiger partial charge is 0.323 e.